The van der Waals surface area contributed by atoms with Crippen LogP contribution >= 0.6 is 22.6 Å². The third kappa shape index (κ3) is 3.08. The van der Waals surface area contributed by atoms with Gasteiger partial charge in [-0.25, -0.2) is 4.79 Å². The molecule has 0 saturated heterocycles. The Bertz CT molecular complexity index is 378. The van der Waals surface area contributed by atoms with Crippen LogP contribution in [-0.4, -0.2) is 29.4 Å². The fourth-order valence-electron chi connectivity index (χ4n) is 1.41. The summed E-state index contributed by atoms with van der Waals surface area (Å²) < 4.78 is 10.3. The second-order valence-electron chi connectivity index (χ2n) is 3.15. The molecule has 0 bridgehead atoms. The highest BCUT2D eigenvalue weighted by Crippen LogP contribution is 2.26. The van der Waals surface area contributed by atoms with E-state index in [1.54, 1.807) is 13.2 Å². The summed E-state index contributed by atoms with van der Waals surface area (Å²) in [5.41, 5.74) is 1.02. The van der Waals surface area contributed by atoms with Crippen LogP contribution in [0.1, 0.15) is 15.9 Å². The first-order chi connectivity index (χ1) is 7.60. The average Bonchev–Trinajstić information content (AvgIpc) is 2.28. The molecule has 0 fully saturated rings. The number of rotatable bonds is 5. The molecule has 0 aliphatic rings. The Kier molecular flexibility index (Phi) is 5.01. The first-order valence-corrected chi connectivity index (χ1v) is 5.90. The molecule has 5 heteroatoms. The number of carboxylic acid groups (broad SMARTS) is 1. The predicted octanol–water partition coefficient (Wildman–Crippen LogP) is 2.34. The lowest BCUT2D eigenvalue weighted by Gasteiger charge is -2.13. The van der Waals surface area contributed by atoms with E-state index in [0.29, 0.717) is 12.2 Å². The molecule has 0 aromatic heterocycles. The largest absolute Gasteiger partial charge is 0.496 e. The van der Waals surface area contributed by atoms with Crippen molar-refractivity contribution in [3.05, 3.63) is 29.3 Å². The molecular weight excluding hydrogens is 323 g/mol. The smallest absolute Gasteiger partial charge is 0.339 e. The number of carboxylic acids is 1. The summed E-state index contributed by atoms with van der Waals surface area (Å²) in [7, 11) is 3.09. The minimum Gasteiger partial charge on any atom is -0.496 e. The molecule has 4 nitrogen and oxygen atoms in total. The summed E-state index contributed by atoms with van der Waals surface area (Å²) in [6, 6.07) is 5.08. The van der Waals surface area contributed by atoms with Crippen LogP contribution in [0.2, 0.25) is 0 Å². The fourth-order valence-corrected chi connectivity index (χ4v) is 1.89. The van der Waals surface area contributed by atoms with Gasteiger partial charge in [0.1, 0.15) is 15.4 Å². The van der Waals surface area contributed by atoms with E-state index in [9.17, 15) is 4.79 Å². The first-order valence-electron chi connectivity index (χ1n) is 4.66. The Balaban J connectivity index is 3.08. The van der Waals surface area contributed by atoms with Crippen LogP contribution in [0, 0.1) is 0 Å². The molecule has 0 radical (unpaired) electrons. The van der Waals surface area contributed by atoms with E-state index in [4.69, 9.17) is 14.6 Å². The Hall–Kier alpha value is -0.820. The van der Waals surface area contributed by atoms with E-state index in [0.717, 1.165) is 5.56 Å². The third-order valence-electron chi connectivity index (χ3n) is 2.17. The molecule has 88 valence electrons. The average molecular weight is 336 g/mol. The molecule has 0 aliphatic carbocycles. The lowest BCUT2D eigenvalue weighted by atomic mass is 10.1. The number of hydrogen-bond acceptors (Lipinski definition) is 3. The molecule has 1 N–H and O–H groups in total. The molecule has 0 saturated carbocycles. The number of halogens is 1. The van der Waals surface area contributed by atoms with E-state index in [1.807, 2.05) is 6.07 Å². The van der Waals surface area contributed by atoms with Crippen LogP contribution in [0.15, 0.2) is 18.2 Å². The van der Waals surface area contributed by atoms with Gasteiger partial charge in [-0.2, -0.15) is 0 Å². The summed E-state index contributed by atoms with van der Waals surface area (Å²) in [5.74, 6) is -0.574. The van der Waals surface area contributed by atoms with Crippen LogP contribution < -0.4 is 4.74 Å². The summed E-state index contributed by atoms with van der Waals surface area (Å²) in [6.45, 7) is 0. The van der Waals surface area contributed by atoms with Crippen molar-refractivity contribution in [3.8, 4) is 5.75 Å². The lowest BCUT2D eigenvalue weighted by Crippen LogP contribution is -2.09. The van der Waals surface area contributed by atoms with Crippen molar-refractivity contribution >= 4 is 28.6 Å². The van der Waals surface area contributed by atoms with Gasteiger partial charge in [-0.1, -0.05) is 34.7 Å². The molecule has 0 aliphatic heterocycles. The number of aromatic carboxylic acids is 1. The monoisotopic (exact) mass is 336 g/mol. The zero-order valence-electron chi connectivity index (χ0n) is 9.07. The van der Waals surface area contributed by atoms with Gasteiger partial charge in [0.2, 0.25) is 0 Å². The third-order valence-corrected chi connectivity index (χ3v) is 3.12. The Morgan fingerprint density at radius 2 is 2.19 bits per heavy atom. The molecule has 1 rings (SSSR count). The molecule has 1 aromatic rings. The molecular formula is C11H13IO4. The highest BCUT2D eigenvalue weighted by molar-refractivity contribution is 14.1. The second-order valence-corrected chi connectivity index (χ2v) is 4.54. The maximum Gasteiger partial charge on any atom is 0.339 e. The van der Waals surface area contributed by atoms with Crippen molar-refractivity contribution in [2.24, 2.45) is 0 Å². The van der Waals surface area contributed by atoms with Crippen molar-refractivity contribution in [2.75, 3.05) is 14.2 Å². The van der Waals surface area contributed by atoms with E-state index in [-0.39, 0.29) is 9.67 Å². The van der Waals surface area contributed by atoms with E-state index in [2.05, 4.69) is 22.6 Å². The second kappa shape index (κ2) is 6.05. The Morgan fingerprint density at radius 3 is 2.69 bits per heavy atom. The Morgan fingerprint density at radius 1 is 1.50 bits per heavy atom. The van der Waals surface area contributed by atoms with E-state index < -0.39 is 5.97 Å². The van der Waals surface area contributed by atoms with Gasteiger partial charge < -0.3 is 14.6 Å². The minimum absolute atomic E-state index is 0.00413. The van der Waals surface area contributed by atoms with Crippen LogP contribution in [0.3, 0.4) is 0 Å². The predicted molar refractivity (Wildman–Crippen MR) is 68.5 cm³/mol. The summed E-state index contributed by atoms with van der Waals surface area (Å²) in [5, 5.41) is 9.00. The summed E-state index contributed by atoms with van der Waals surface area (Å²) in [6.07, 6.45) is 0.612. The maximum absolute atomic E-state index is 11.0. The van der Waals surface area contributed by atoms with Gasteiger partial charge >= 0.3 is 5.97 Å². The lowest BCUT2D eigenvalue weighted by molar-refractivity contribution is 0.0693. The summed E-state index contributed by atoms with van der Waals surface area (Å²) >= 11 is 2.15. The number of para-hydroxylation sites is 1. The number of benzene rings is 1. The zero-order chi connectivity index (χ0) is 12.1. The molecule has 0 unspecified atom stereocenters. The molecule has 0 heterocycles. The maximum atomic E-state index is 11.0. The Labute approximate surface area is 108 Å². The van der Waals surface area contributed by atoms with Crippen molar-refractivity contribution < 1.29 is 19.4 Å². The molecule has 0 spiro atoms. The quantitative estimate of drug-likeness (QED) is 0.662. The fraction of sp³-hybridized carbons (Fsp3) is 0.364. The van der Waals surface area contributed by atoms with E-state index in [1.165, 1.54) is 13.2 Å². The molecule has 1 aromatic carbocycles. The first kappa shape index (κ1) is 13.2. The standard InChI is InChI=1S/C11H13IO4/c1-15-9(12)6-7-4-3-5-8(11(13)14)10(7)16-2/h3-5,9H,6H2,1-2H3,(H,13,14)/t9-/m0/s1. The number of carbonyl (C=O) groups is 1. The SMILES string of the molecule is COc1c(C[C@@H](I)OC)cccc1C(=O)O. The minimum atomic E-state index is -0.985. The number of alkyl halides is 1. The van der Waals surface area contributed by atoms with Gasteiger partial charge in [0.05, 0.1) is 7.11 Å². The van der Waals surface area contributed by atoms with Gasteiger partial charge in [0.25, 0.3) is 0 Å². The van der Waals surface area contributed by atoms with Gasteiger partial charge in [0, 0.05) is 13.5 Å². The highest BCUT2D eigenvalue weighted by atomic mass is 127. The topological polar surface area (TPSA) is 55.8 Å². The van der Waals surface area contributed by atoms with Crippen molar-refractivity contribution in [3.63, 3.8) is 0 Å². The van der Waals surface area contributed by atoms with Crippen LogP contribution in [0.25, 0.3) is 0 Å². The number of hydrogen-bond donors (Lipinski definition) is 1. The van der Waals surface area contributed by atoms with Crippen molar-refractivity contribution in [1.29, 1.82) is 0 Å². The number of methoxy groups -OCH3 is 2. The van der Waals surface area contributed by atoms with Crippen LogP contribution in [0.5, 0.6) is 5.75 Å². The van der Waals surface area contributed by atoms with Gasteiger partial charge in [-0.15, -0.1) is 0 Å². The molecule has 1 atom stereocenters. The van der Waals surface area contributed by atoms with Gasteiger partial charge in [0.15, 0.2) is 0 Å². The van der Waals surface area contributed by atoms with Gasteiger partial charge in [-0.3, -0.25) is 0 Å². The van der Waals surface area contributed by atoms with Crippen LogP contribution in [-0.2, 0) is 11.2 Å². The van der Waals surface area contributed by atoms with Crippen molar-refractivity contribution in [1.82, 2.24) is 0 Å². The van der Waals surface area contributed by atoms with Gasteiger partial charge in [-0.05, 0) is 11.6 Å². The van der Waals surface area contributed by atoms with E-state index >= 15 is 0 Å². The normalized spacial score (nSPS) is 12.2. The number of ether oxygens (including phenoxy) is 2. The molecule has 0 amide bonds. The van der Waals surface area contributed by atoms with Crippen LogP contribution in [0.4, 0.5) is 0 Å². The molecule has 16 heavy (non-hydrogen) atoms. The highest BCUT2D eigenvalue weighted by Gasteiger charge is 2.16. The van der Waals surface area contributed by atoms with Crippen molar-refractivity contribution in [2.45, 2.75) is 10.5 Å². The summed E-state index contributed by atoms with van der Waals surface area (Å²) in [4.78, 5) is 11.0. The zero-order valence-corrected chi connectivity index (χ0v) is 11.2.